The van der Waals surface area contributed by atoms with Crippen LogP contribution in [-0.2, 0) is 0 Å². The fourth-order valence-electron chi connectivity index (χ4n) is 3.44. The molecule has 1 saturated heterocycles. The van der Waals surface area contributed by atoms with Crippen molar-refractivity contribution in [1.82, 2.24) is 10.2 Å². The molecule has 1 saturated carbocycles. The molecule has 0 spiro atoms. The van der Waals surface area contributed by atoms with E-state index in [-0.39, 0.29) is 0 Å². The Morgan fingerprint density at radius 1 is 1.22 bits per heavy atom. The molecule has 2 nitrogen and oxygen atoms in total. The minimum Gasteiger partial charge on any atom is -0.311 e. The van der Waals surface area contributed by atoms with E-state index in [1.54, 1.807) is 0 Å². The fourth-order valence-corrected chi connectivity index (χ4v) is 3.75. The van der Waals surface area contributed by atoms with Crippen LogP contribution in [0.2, 0.25) is 0 Å². The van der Waals surface area contributed by atoms with E-state index in [9.17, 15) is 0 Å². The molecule has 0 amide bonds. The average Bonchev–Trinajstić information content (AvgIpc) is 2.40. The van der Waals surface area contributed by atoms with Crippen LogP contribution in [0.4, 0.5) is 0 Å². The third-order valence-electron chi connectivity index (χ3n) is 4.67. The Labute approximate surface area is 117 Å². The van der Waals surface area contributed by atoms with Crippen LogP contribution in [0.15, 0.2) is 0 Å². The number of nitrogens with zero attached hydrogens (tertiary/aromatic N) is 1. The quantitative estimate of drug-likeness (QED) is 0.845. The van der Waals surface area contributed by atoms with Crippen LogP contribution in [-0.4, -0.2) is 48.1 Å². The molecule has 1 aliphatic carbocycles. The highest BCUT2D eigenvalue weighted by Gasteiger charge is 2.30. The largest absolute Gasteiger partial charge is 0.311 e. The number of rotatable bonds is 4. The molecule has 2 fully saturated rings. The summed E-state index contributed by atoms with van der Waals surface area (Å²) in [6.45, 7) is 9.66. The highest BCUT2D eigenvalue weighted by Crippen LogP contribution is 2.29. The van der Waals surface area contributed by atoms with E-state index in [1.165, 1.54) is 58.3 Å². The Morgan fingerprint density at radius 3 is 2.61 bits per heavy atom. The maximum absolute atomic E-state index is 3.77. The van der Waals surface area contributed by atoms with Crippen molar-refractivity contribution in [2.24, 2.45) is 5.92 Å². The Kier molecular flexibility index (Phi) is 5.40. The van der Waals surface area contributed by atoms with Gasteiger partial charge in [0.15, 0.2) is 0 Å². The van der Waals surface area contributed by atoms with Crippen molar-refractivity contribution < 1.29 is 0 Å². The van der Waals surface area contributed by atoms with E-state index >= 15 is 0 Å². The highest BCUT2D eigenvalue weighted by atomic mass is 32.2. The molecule has 0 radical (unpaired) electrons. The summed E-state index contributed by atoms with van der Waals surface area (Å²) in [5.74, 6) is 0.943. The van der Waals surface area contributed by atoms with Gasteiger partial charge in [0.25, 0.3) is 0 Å². The minimum atomic E-state index is 0.397. The summed E-state index contributed by atoms with van der Waals surface area (Å²) in [4.78, 5) is 2.69. The van der Waals surface area contributed by atoms with Gasteiger partial charge in [0.2, 0.25) is 0 Å². The summed E-state index contributed by atoms with van der Waals surface area (Å²) in [6.07, 6.45) is 9.53. The van der Waals surface area contributed by atoms with Crippen LogP contribution in [0, 0.1) is 5.92 Å². The third-order valence-corrected chi connectivity index (χ3v) is 5.90. The van der Waals surface area contributed by atoms with E-state index in [1.807, 2.05) is 11.8 Å². The lowest BCUT2D eigenvalue weighted by Crippen LogP contribution is -2.56. The zero-order valence-electron chi connectivity index (χ0n) is 12.4. The Morgan fingerprint density at radius 2 is 1.94 bits per heavy atom. The summed E-state index contributed by atoms with van der Waals surface area (Å²) in [5, 5.41) is 3.77. The van der Waals surface area contributed by atoms with Crippen molar-refractivity contribution in [2.75, 3.05) is 32.4 Å². The lowest BCUT2D eigenvalue weighted by molar-refractivity contribution is 0.140. The van der Waals surface area contributed by atoms with Crippen molar-refractivity contribution >= 4 is 11.8 Å². The van der Waals surface area contributed by atoms with Gasteiger partial charge in [0, 0.05) is 37.0 Å². The van der Waals surface area contributed by atoms with Gasteiger partial charge in [-0.25, -0.2) is 0 Å². The average molecular weight is 270 g/mol. The van der Waals surface area contributed by atoms with E-state index in [4.69, 9.17) is 0 Å². The van der Waals surface area contributed by atoms with Crippen molar-refractivity contribution in [3.05, 3.63) is 0 Å². The molecule has 2 rings (SSSR count). The second-order valence-corrected chi connectivity index (χ2v) is 8.17. The smallest absolute Gasteiger partial charge is 0.0227 e. The molecule has 3 heteroatoms. The number of thioether (sulfide) groups is 1. The molecule has 0 aromatic carbocycles. The molecular formula is C15H30N2S. The normalized spacial score (nSPS) is 28.5. The lowest BCUT2D eigenvalue weighted by atomic mass is 9.83. The number of hydrogen-bond donors (Lipinski definition) is 1. The second kappa shape index (κ2) is 6.62. The molecule has 0 aromatic heterocycles. The molecule has 0 aromatic rings. The standard InChI is InChI=1S/C15H30N2S/c1-15(2,18-3)12-17-10-9-16-14(11-17)13-7-5-4-6-8-13/h13-14,16H,4-12H2,1-3H3. The van der Waals surface area contributed by atoms with E-state index in [0.29, 0.717) is 4.75 Å². The summed E-state index contributed by atoms with van der Waals surface area (Å²) in [6, 6.07) is 0.761. The zero-order chi connectivity index (χ0) is 13.0. The van der Waals surface area contributed by atoms with Crippen LogP contribution < -0.4 is 5.32 Å². The SMILES string of the molecule is CSC(C)(C)CN1CCNC(C2CCCCC2)C1. The number of piperazine rings is 1. The van der Waals surface area contributed by atoms with Crippen LogP contribution in [0.5, 0.6) is 0 Å². The molecule has 0 bridgehead atoms. The van der Waals surface area contributed by atoms with E-state index in [2.05, 4.69) is 30.3 Å². The highest BCUT2D eigenvalue weighted by molar-refractivity contribution is 7.99. The van der Waals surface area contributed by atoms with Crippen LogP contribution >= 0.6 is 11.8 Å². The molecule has 1 aliphatic heterocycles. The van der Waals surface area contributed by atoms with Gasteiger partial charge in [-0.15, -0.1) is 0 Å². The van der Waals surface area contributed by atoms with Crippen molar-refractivity contribution in [3.63, 3.8) is 0 Å². The summed E-state index contributed by atoms with van der Waals surface area (Å²) in [7, 11) is 0. The Balaban J connectivity index is 1.84. The third kappa shape index (κ3) is 4.14. The summed E-state index contributed by atoms with van der Waals surface area (Å²) in [5.41, 5.74) is 0. The zero-order valence-corrected chi connectivity index (χ0v) is 13.2. The summed E-state index contributed by atoms with van der Waals surface area (Å²) >= 11 is 2.00. The van der Waals surface area contributed by atoms with Crippen molar-refractivity contribution in [1.29, 1.82) is 0 Å². The van der Waals surface area contributed by atoms with Crippen LogP contribution in [0.1, 0.15) is 46.0 Å². The first-order chi connectivity index (χ1) is 8.61. The molecule has 106 valence electrons. The van der Waals surface area contributed by atoms with Gasteiger partial charge in [-0.2, -0.15) is 11.8 Å². The maximum atomic E-state index is 3.77. The van der Waals surface area contributed by atoms with Crippen molar-refractivity contribution in [3.8, 4) is 0 Å². The van der Waals surface area contributed by atoms with Gasteiger partial charge in [0.05, 0.1) is 0 Å². The topological polar surface area (TPSA) is 15.3 Å². The van der Waals surface area contributed by atoms with Gasteiger partial charge >= 0.3 is 0 Å². The minimum absolute atomic E-state index is 0.397. The van der Waals surface area contributed by atoms with Gasteiger partial charge < -0.3 is 5.32 Å². The maximum Gasteiger partial charge on any atom is 0.0227 e. The first kappa shape index (κ1) is 14.7. The molecule has 1 N–H and O–H groups in total. The monoisotopic (exact) mass is 270 g/mol. The Hall–Kier alpha value is 0.270. The molecule has 18 heavy (non-hydrogen) atoms. The fraction of sp³-hybridized carbons (Fsp3) is 1.00. The van der Waals surface area contributed by atoms with Crippen LogP contribution in [0.25, 0.3) is 0 Å². The first-order valence-corrected chi connectivity index (χ1v) is 8.84. The number of hydrogen-bond acceptors (Lipinski definition) is 3. The molecule has 1 unspecified atom stereocenters. The first-order valence-electron chi connectivity index (χ1n) is 7.61. The van der Waals surface area contributed by atoms with Gasteiger partial charge in [-0.1, -0.05) is 19.3 Å². The Bertz CT molecular complexity index is 249. The molecule has 1 heterocycles. The molecular weight excluding hydrogens is 240 g/mol. The predicted molar refractivity (Wildman–Crippen MR) is 82.4 cm³/mol. The number of nitrogens with one attached hydrogen (secondary N) is 1. The van der Waals surface area contributed by atoms with E-state index < -0.39 is 0 Å². The molecule has 1 atom stereocenters. The predicted octanol–water partition coefficient (Wildman–Crippen LogP) is 2.98. The van der Waals surface area contributed by atoms with Crippen LogP contribution in [0.3, 0.4) is 0 Å². The second-order valence-electron chi connectivity index (χ2n) is 6.66. The van der Waals surface area contributed by atoms with Crippen molar-refractivity contribution in [2.45, 2.75) is 56.7 Å². The van der Waals surface area contributed by atoms with Gasteiger partial charge in [-0.3, -0.25) is 4.90 Å². The summed E-state index contributed by atoms with van der Waals surface area (Å²) < 4.78 is 0.397. The lowest BCUT2D eigenvalue weighted by Gasteiger charge is -2.41. The van der Waals surface area contributed by atoms with Gasteiger partial charge in [-0.05, 0) is 38.9 Å². The van der Waals surface area contributed by atoms with E-state index in [0.717, 1.165) is 12.0 Å². The molecule has 2 aliphatic rings. The van der Waals surface area contributed by atoms with Gasteiger partial charge in [0.1, 0.15) is 0 Å².